The Balaban J connectivity index is 1.74. The molecule has 0 saturated heterocycles. The summed E-state index contributed by atoms with van der Waals surface area (Å²) >= 11 is 9.57. The smallest absolute Gasteiger partial charge is 0.254 e. The average Bonchev–Trinajstić information content (AvgIpc) is 2.95. The molecule has 0 radical (unpaired) electrons. The van der Waals surface area contributed by atoms with Crippen molar-refractivity contribution in [1.29, 1.82) is 0 Å². The van der Waals surface area contributed by atoms with Crippen molar-refractivity contribution in [1.82, 2.24) is 10.2 Å². The lowest BCUT2D eigenvalue weighted by Crippen LogP contribution is -1.96. The summed E-state index contributed by atoms with van der Waals surface area (Å²) in [6.45, 7) is 2.21. The lowest BCUT2D eigenvalue weighted by Gasteiger charge is -2.06. The summed E-state index contributed by atoms with van der Waals surface area (Å²) in [6, 6.07) is 13.2. The molecule has 1 heterocycles. The molecule has 0 unspecified atom stereocenters. The van der Waals surface area contributed by atoms with E-state index in [1.54, 1.807) is 6.07 Å². The van der Waals surface area contributed by atoms with Gasteiger partial charge in [-0.1, -0.05) is 29.8 Å². The highest BCUT2D eigenvalue weighted by molar-refractivity contribution is 9.10. The molecule has 1 aromatic heterocycles. The number of aromatic nitrogens is 2. The van der Waals surface area contributed by atoms with Crippen LogP contribution in [0.3, 0.4) is 0 Å². The van der Waals surface area contributed by atoms with Gasteiger partial charge in [0.25, 0.3) is 5.89 Å². The van der Waals surface area contributed by atoms with Crippen LogP contribution in [0.15, 0.2) is 51.4 Å². The summed E-state index contributed by atoms with van der Waals surface area (Å²) in [5, 5.41) is 8.55. The molecular formula is C16H12BrClN2O2. The number of benzene rings is 2. The minimum Gasteiger partial charge on any atom is -0.483 e. The summed E-state index contributed by atoms with van der Waals surface area (Å²) in [6.07, 6.45) is 0. The van der Waals surface area contributed by atoms with E-state index in [1.807, 2.05) is 43.3 Å². The van der Waals surface area contributed by atoms with Crippen molar-refractivity contribution in [3.8, 4) is 17.2 Å². The van der Waals surface area contributed by atoms with E-state index in [9.17, 15) is 0 Å². The molecule has 0 amide bonds. The van der Waals surface area contributed by atoms with Gasteiger partial charge in [0.05, 0.1) is 15.1 Å². The molecule has 0 saturated carbocycles. The second kappa shape index (κ2) is 6.50. The van der Waals surface area contributed by atoms with Crippen LogP contribution in [-0.4, -0.2) is 10.2 Å². The van der Waals surface area contributed by atoms with Gasteiger partial charge in [0, 0.05) is 0 Å². The van der Waals surface area contributed by atoms with Gasteiger partial charge in [-0.05, 0) is 52.7 Å². The molecule has 3 rings (SSSR count). The molecule has 22 heavy (non-hydrogen) atoms. The van der Waals surface area contributed by atoms with Crippen molar-refractivity contribution in [3.63, 3.8) is 0 Å². The second-order valence-electron chi connectivity index (χ2n) is 4.70. The zero-order valence-corrected chi connectivity index (χ0v) is 14.1. The third kappa shape index (κ3) is 3.31. The first-order valence-corrected chi connectivity index (χ1v) is 7.77. The Morgan fingerprint density at radius 1 is 1.18 bits per heavy atom. The Hall–Kier alpha value is -1.85. The van der Waals surface area contributed by atoms with Crippen LogP contribution < -0.4 is 4.74 Å². The Bertz CT molecular complexity index is 804. The molecule has 4 nitrogen and oxygen atoms in total. The Morgan fingerprint density at radius 2 is 2.00 bits per heavy atom. The molecule has 0 bridgehead atoms. The monoisotopic (exact) mass is 378 g/mol. The van der Waals surface area contributed by atoms with Crippen molar-refractivity contribution >= 4 is 27.5 Å². The van der Waals surface area contributed by atoms with Gasteiger partial charge in [-0.25, -0.2) is 0 Å². The van der Waals surface area contributed by atoms with Crippen LogP contribution in [0.2, 0.25) is 5.02 Å². The quantitative estimate of drug-likeness (QED) is 0.637. The first-order chi connectivity index (χ1) is 10.6. The number of nitrogens with zero attached hydrogens (tertiary/aromatic N) is 2. The lowest BCUT2D eigenvalue weighted by atomic mass is 10.2. The molecule has 0 N–H and O–H groups in total. The molecule has 0 aliphatic rings. The van der Waals surface area contributed by atoms with E-state index in [2.05, 4.69) is 26.1 Å². The first-order valence-electron chi connectivity index (χ1n) is 6.60. The van der Waals surface area contributed by atoms with Crippen molar-refractivity contribution in [3.05, 3.63) is 63.4 Å². The molecule has 112 valence electrons. The number of ether oxygens (including phenoxy) is 1. The van der Waals surface area contributed by atoms with E-state index in [0.717, 1.165) is 15.8 Å². The molecule has 0 aliphatic carbocycles. The minimum atomic E-state index is 0.194. The third-order valence-corrected chi connectivity index (χ3v) is 3.96. The van der Waals surface area contributed by atoms with Crippen LogP contribution >= 0.6 is 27.5 Å². The molecule has 3 aromatic rings. The second-order valence-corrected chi connectivity index (χ2v) is 5.96. The van der Waals surface area contributed by atoms with Crippen LogP contribution in [0.25, 0.3) is 11.5 Å². The van der Waals surface area contributed by atoms with E-state index >= 15 is 0 Å². The molecule has 0 spiro atoms. The van der Waals surface area contributed by atoms with Crippen molar-refractivity contribution in [2.24, 2.45) is 0 Å². The highest BCUT2D eigenvalue weighted by atomic mass is 79.9. The van der Waals surface area contributed by atoms with E-state index < -0.39 is 0 Å². The maximum Gasteiger partial charge on any atom is 0.254 e. The summed E-state index contributed by atoms with van der Waals surface area (Å²) in [5.41, 5.74) is 1.86. The van der Waals surface area contributed by atoms with E-state index in [0.29, 0.717) is 22.4 Å². The van der Waals surface area contributed by atoms with Crippen molar-refractivity contribution in [2.75, 3.05) is 0 Å². The van der Waals surface area contributed by atoms with Gasteiger partial charge in [0.2, 0.25) is 5.89 Å². The van der Waals surface area contributed by atoms with Crippen LogP contribution in [-0.2, 0) is 6.61 Å². The van der Waals surface area contributed by atoms with Gasteiger partial charge in [-0.15, -0.1) is 10.2 Å². The molecule has 0 fully saturated rings. The summed E-state index contributed by atoms with van der Waals surface area (Å²) in [4.78, 5) is 0. The van der Waals surface area contributed by atoms with Crippen molar-refractivity contribution in [2.45, 2.75) is 13.5 Å². The SMILES string of the molecule is Cc1ccc(OCc2nnc(-c3ccccc3Cl)o2)c(Br)c1. The maximum atomic E-state index is 6.11. The predicted molar refractivity (Wildman–Crippen MR) is 88.0 cm³/mol. The third-order valence-electron chi connectivity index (χ3n) is 3.01. The van der Waals surface area contributed by atoms with Crippen molar-refractivity contribution < 1.29 is 9.15 Å². The number of hydrogen-bond acceptors (Lipinski definition) is 4. The van der Waals surface area contributed by atoms with E-state index in [1.165, 1.54) is 0 Å². The van der Waals surface area contributed by atoms with E-state index in [4.69, 9.17) is 20.8 Å². The van der Waals surface area contributed by atoms with Gasteiger partial charge >= 0.3 is 0 Å². The fourth-order valence-electron chi connectivity index (χ4n) is 1.92. The van der Waals surface area contributed by atoms with Crippen LogP contribution in [0.1, 0.15) is 11.5 Å². The fraction of sp³-hybridized carbons (Fsp3) is 0.125. The molecule has 0 aliphatic heterocycles. The first kappa shape index (κ1) is 15.1. The number of hydrogen-bond donors (Lipinski definition) is 0. The molecular weight excluding hydrogens is 368 g/mol. The summed E-state index contributed by atoms with van der Waals surface area (Å²) in [5.74, 6) is 1.50. The largest absolute Gasteiger partial charge is 0.483 e. The number of rotatable bonds is 4. The van der Waals surface area contributed by atoms with E-state index in [-0.39, 0.29) is 6.61 Å². The maximum absolute atomic E-state index is 6.11. The van der Waals surface area contributed by atoms with Gasteiger partial charge in [0.1, 0.15) is 5.75 Å². The standard InChI is InChI=1S/C16H12BrClN2O2/c1-10-6-7-14(12(17)8-10)21-9-15-19-20-16(22-15)11-4-2-3-5-13(11)18/h2-8H,9H2,1H3. The molecule has 0 atom stereocenters. The number of aryl methyl sites for hydroxylation is 1. The van der Waals surface area contributed by atoms with Gasteiger partial charge in [-0.3, -0.25) is 0 Å². The Labute approximate surface area is 141 Å². The highest BCUT2D eigenvalue weighted by Gasteiger charge is 2.12. The normalized spacial score (nSPS) is 10.7. The summed E-state index contributed by atoms with van der Waals surface area (Å²) < 4.78 is 12.2. The van der Waals surface area contributed by atoms with Gasteiger partial charge < -0.3 is 9.15 Å². The Kier molecular flexibility index (Phi) is 4.45. The Morgan fingerprint density at radius 3 is 2.77 bits per heavy atom. The lowest BCUT2D eigenvalue weighted by molar-refractivity contribution is 0.263. The summed E-state index contributed by atoms with van der Waals surface area (Å²) in [7, 11) is 0. The zero-order valence-electron chi connectivity index (χ0n) is 11.7. The van der Waals surface area contributed by atoms with Crippen LogP contribution in [0, 0.1) is 6.92 Å². The predicted octanol–water partition coefficient (Wildman–Crippen LogP) is 5.04. The van der Waals surface area contributed by atoms with Crippen LogP contribution in [0.4, 0.5) is 0 Å². The fourth-order valence-corrected chi connectivity index (χ4v) is 2.74. The van der Waals surface area contributed by atoms with Crippen LogP contribution in [0.5, 0.6) is 5.75 Å². The molecule has 2 aromatic carbocycles. The van der Waals surface area contributed by atoms with Gasteiger partial charge in [0.15, 0.2) is 6.61 Å². The topological polar surface area (TPSA) is 48.2 Å². The molecule has 6 heteroatoms. The average molecular weight is 380 g/mol. The zero-order chi connectivity index (χ0) is 15.5. The number of halogens is 2. The minimum absolute atomic E-state index is 0.194. The van der Waals surface area contributed by atoms with Gasteiger partial charge in [-0.2, -0.15) is 0 Å². The highest BCUT2D eigenvalue weighted by Crippen LogP contribution is 2.28.